The summed E-state index contributed by atoms with van der Waals surface area (Å²) >= 11 is 11.8. The molecule has 0 aliphatic carbocycles. The maximum Gasteiger partial charge on any atom is 0.148 e. The molecule has 0 saturated carbocycles. The topological polar surface area (TPSA) is 12.5 Å². The standard InChI is InChI=1S/C16H18ClNOS/c1-3-10-19-15-5-4-13(11-14(15)17)16(20)18-8-6-12(2)7-9-18/h1,4-5,11-12H,6-10H2,2H3. The molecule has 1 aliphatic heterocycles. The lowest BCUT2D eigenvalue weighted by Crippen LogP contribution is -2.37. The average molecular weight is 308 g/mol. The van der Waals surface area contributed by atoms with Crippen molar-refractivity contribution in [2.24, 2.45) is 5.92 Å². The number of halogens is 1. The van der Waals surface area contributed by atoms with Crippen LogP contribution in [-0.2, 0) is 0 Å². The van der Waals surface area contributed by atoms with E-state index in [0.717, 1.165) is 29.6 Å². The predicted octanol–water partition coefficient (Wildman–Crippen LogP) is 3.76. The number of rotatable bonds is 3. The van der Waals surface area contributed by atoms with E-state index in [1.807, 2.05) is 18.2 Å². The fourth-order valence-corrected chi connectivity index (χ4v) is 2.81. The van der Waals surface area contributed by atoms with Gasteiger partial charge in [-0.25, -0.2) is 0 Å². The van der Waals surface area contributed by atoms with Gasteiger partial charge in [-0.2, -0.15) is 0 Å². The van der Waals surface area contributed by atoms with Crippen LogP contribution in [0.3, 0.4) is 0 Å². The van der Waals surface area contributed by atoms with Crippen LogP contribution in [0.5, 0.6) is 5.75 Å². The molecule has 20 heavy (non-hydrogen) atoms. The van der Waals surface area contributed by atoms with E-state index in [0.29, 0.717) is 10.8 Å². The van der Waals surface area contributed by atoms with Crippen LogP contribution in [-0.4, -0.2) is 29.6 Å². The van der Waals surface area contributed by atoms with Crippen LogP contribution in [0.4, 0.5) is 0 Å². The molecule has 0 bridgehead atoms. The fourth-order valence-electron chi connectivity index (χ4n) is 2.26. The molecule has 1 aromatic rings. The normalized spacial score (nSPS) is 15.8. The highest BCUT2D eigenvalue weighted by atomic mass is 35.5. The first-order valence-electron chi connectivity index (χ1n) is 6.77. The van der Waals surface area contributed by atoms with Crippen LogP contribution >= 0.6 is 23.8 Å². The van der Waals surface area contributed by atoms with E-state index in [2.05, 4.69) is 17.7 Å². The first kappa shape index (κ1) is 15.2. The van der Waals surface area contributed by atoms with Crippen molar-refractivity contribution in [3.8, 4) is 18.1 Å². The van der Waals surface area contributed by atoms with Crippen LogP contribution < -0.4 is 4.74 Å². The van der Waals surface area contributed by atoms with Crippen molar-refractivity contribution in [2.75, 3.05) is 19.7 Å². The fraction of sp³-hybridized carbons (Fsp3) is 0.438. The Hall–Kier alpha value is -1.24. The van der Waals surface area contributed by atoms with E-state index in [1.165, 1.54) is 12.8 Å². The minimum absolute atomic E-state index is 0.216. The van der Waals surface area contributed by atoms with Gasteiger partial charge in [-0.15, -0.1) is 6.42 Å². The van der Waals surface area contributed by atoms with Gasteiger partial charge in [-0.05, 0) is 37.0 Å². The highest BCUT2D eigenvalue weighted by molar-refractivity contribution is 7.80. The third kappa shape index (κ3) is 3.65. The van der Waals surface area contributed by atoms with E-state index >= 15 is 0 Å². The zero-order chi connectivity index (χ0) is 14.5. The molecule has 0 atom stereocenters. The highest BCUT2D eigenvalue weighted by Crippen LogP contribution is 2.27. The maximum absolute atomic E-state index is 6.20. The van der Waals surface area contributed by atoms with Gasteiger partial charge < -0.3 is 9.64 Å². The summed E-state index contributed by atoms with van der Waals surface area (Å²) in [6.07, 6.45) is 7.55. The number of ether oxygens (including phenoxy) is 1. The summed E-state index contributed by atoms with van der Waals surface area (Å²) in [5, 5.41) is 0.547. The summed E-state index contributed by atoms with van der Waals surface area (Å²) < 4.78 is 5.36. The summed E-state index contributed by atoms with van der Waals surface area (Å²) in [5.74, 6) is 3.81. The zero-order valence-corrected chi connectivity index (χ0v) is 13.1. The van der Waals surface area contributed by atoms with Crippen LogP contribution in [0.25, 0.3) is 0 Å². The molecule has 0 radical (unpaired) electrons. The van der Waals surface area contributed by atoms with Gasteiger partial charge in [0, 0.05) is 18.7 Å². The van der Waals surface area contributed by atoms with E-state index < -0.39 is 0 Å². The summed E-state index contributed by atoms with van der Waals surface area (Å²) in [6.45, 7) is 4.54. The van der Waals surface area contributed by atoms with Crippen LogP contribution in [0.2, 0.25) is 5.02 Å². The van der Waals surface area contributed by atoms with E-state index in [4.69, 9.17) is 35.0 Å². The Morgan fingerprint density at radius 3 is 2.80 bits per heavy atom. The molecule has 106 valence electrons. The molecule has 0 unspecified atom stereocenters. The van der Waals surface area contributed by atoms with Crippen molar-refractivity contribution in [3.05, 3.63) is 28.8 Å². The van der Waals surface area contributed by atoms with E-state index in [-0.39, 0.29) is 6.61 Å². The third-order valence-corrected chi connectivity index (χ3v) is 4.35. The van der Waals surface area contributed by atoms with Crippen molar-refractivity contribution in [1.82, 2.24) is 4.90 Å². The van der Waals surface area contributed by atoms with Crippen LogP contribution in [0.1, 0.15) is 25.3 Å². The van der Waals surface area contributed by atoms with Gasteiger partial charge >= 0.3 is 0 Å². The summed E-state index contributed by atoms with van der Waals surface area (Å²) in [5.41, 5.74) is 0.965. The molecular weight excluding hydrogens is 290 g/mol. The Bertz CT molecular complexity index is 530. The Kier molecular flexibility index (Phi) is 5.28. The molecule has 1 saturated heterocycles. The Labute approximate surface area is 131 Å². The van der Waals surface area contributed by atoms with Crippen molar-refractivity contribution in [1.29, 1.82) is 0 Å². The molecular formula is C16H18ClNOS. The second-order valence-electron chi connectivity index (χ2n) is 5.11. The molecule has 1 aromatic carbocycles. The second-order valence-corrected chi connectivity index (χ2v) is 5.91. The SMILES string of the molecule is C#CCOc1ccc(C(=S)N2CCC(C)CC2)cc1Cl. The van der Waals surface area contributed by atoms with Crippen molar-refractivity contribution < 1.29 is 4.74 Å². The minimum atomic E-state index is 0.216. The molecule has 1 fully saturated rings. The number of hydrogen-bond acceptors (Lipinski definition) is 2. The molecule has 1 aliphatic rings. The smallest absolute Gasteiger partial charge is 0.148 e. The molecule has 2 nitrogen and oxygen atoms in total. The van der Waals surface area contributed by atoms with Crippen molar-refractivity contribution in [3.63, 3.8) is 0 Å². The van der Waals surface area contributed by atoms with Crippen LogP contribution in [0.15, 0.2) is 18.2 Å². The van der Waals surface area contributed by atoms with Crippen LogP contribution in [0, 0.1) is 18.3 Å². The molecule has 1 heterocycles. The summed E-state index contributed by atoms with van der Waals surface area (Å²) in [6, 6.07) is 5.62. The molecule has 4 heteroatoms. The number of piperidine rings is 1. The third-order valence-electron chi connectivity index (χ3n) is 3.56. The number of thiocarbonyl (C=S) groups is 1. The molecule has 2 rings (SSSR count). The van der Waals surface area contributed by atoms with Gasteiger partial charge in [0.2, 0.25) is 0 Å². The second kappa shape index (κ2) is 6.97. The first-order chi connectivity index (χ1) is 9.61. The largest absolute Gasteiger partial charge is 0.479 e. The monoisotopic (exact) mass is 307 g/mol. The van der Waals surface area contributed by atoms with Gasteiger partial charge in [0.15, 0.2) is 0 Å². The van der Waals surface area contributed by atoms with Gasteiger partial charge in [0.25, 0.3) is 0 Å². The number of terminal acetylenes is 1. The van der Waals surface area contributed by atoms with Crippen molar-refractivity contribution >= 4 is 28.8 Å². The lowest BCUT2D eigenvalue weighted by atomic mass is 9.99. The minimum Gasteiger partial charge on any atom is -0.479 e. The number of benzene rings is 1. The predicted molar refractivity (Wildman–Crippen MR) is 87.5 cm³/mol. The highest BCUT2D eigenvalue weighted by Gasteiger charge is 2.19. The van der Waals surface area contributed by atoms with Gasteiger partial charge in [-0.3, -0.25) is 0 Å². The molecule has 0 N–H and O–H groups in total. The Balaban J connectivity index is 2.07. The molecule has 0 spiro atoms. The lowest BCUT2D eigenvalue weighted by molar-refractivity contribution is 0.284. The van der Waals surface area contributed by atoms with E-state index in [1.54, 1.807) is 0 Å². The average Bonchev–Trinajstić information content (AvgIpc) is 2.46. The summed E-state index contributed by atoms with van der Waals surface area (Å²) in [4.78, 5) is 3.12. The Morgan fingerprint density at radius 1 is 1.50 bits per heavy atom. The van der Waals surface area contributed by atoms with Gasteiger partial charge in [-0.1, -0.05) is 36.7 Å². The number of likely N-dealkylation sites (tertiary alicyclic amines) is 1. The molecule has 0 aromatic heterocycles. The van der Waals surface area contributed by atoms with Crippen molar-refractivity contribution in [2.45, 2.75) is 19.8 Å². The Morgan fingerprint density at radius 2 is 2.20 bits per heavy atom. The first-order valence-corrected chi connectivity index (χ1v) is 7.55. The number of hydrogen-bond donors (Lipinski definition) is 0. The lowest BCUT2D eigenvalue weighted by Gasteiger charge is -2.32. The zero-order valence-electron chi connectivity index (χ0n) is 11.6. The summed E-state index contributed by atoms with van der Waals surface area (Å²) in [7, 11) is 0. The van der Waals surface area contributed by atoms with Gasteiger partial charge in [0.1, 0.15) is 17.3 Å². The molecule has 0 amide bonds. The van der Waals surface area contributed by atoms with Gasteiger partial charge in [0.05, 0.1) is 5.02 Å². The quantitative estimate of drug-likeness (QED) is 0.623. The maximum atomic E-state index is 6.20. The van der Waals surface area contributed by atoms with E-state index in [9.17, 15) is 0 Å². The number of nitrogens with zero attached hydrogens (tertiary/aromatic N) is 1.